The molecule has 4 rings (SSSR count). The second kappa shape index (κ2) is 9.02. The Bertz CT molecular complexity index is 1210. The van der Waals surface area contributed by atoms with Crippen molar-refractivity contribution < 1.29 is 18.8 Å². The number of nitrogens with one attached hydrogen (secondary N) is 3. The number of thiazole rings is 2. The molecule has 10 nitrogen and oxygen atoms in total. The molecule has 3 atom stereocenters. The molecule has 0 aliphatic carbocycles. The first-order chi connectivity index (χ1) is 15.6. The van der Waals surface area contributed by atoms with Crippen LogP contribution in [0.25, 0.3) is 0 Å². The molecular formula is C21H24N6O4S2. The summed E-state index contributed by atoms with van der Waals surface area (Å²) in [5.41, 5.74) is 0.615. The van der Waals surface area contributed by atoms with E-state index in [1.807, 2.05) is 13.8 Å². The fourth-order valence-electron chi connectivity index (χ4n) is 3.33. The van der Waals surface area contributed by atoms with Crippen LogP contribution < -0.4 is 16.0 Å². The van der Waals surface area contributed by atoms with Crippen LogP contribution in [0.4, 0.5) is 0 Å². The Morgan fingerprint density at radius 3 is 2.06 bits per heavy atom. The molecule has 3 amide bonds. The van der Waals surface area contributed by atoms with E-state index in [1.54, 1.807) is 31.5 Å². The van der Waals surface area contributed by atoms with Gasteiger partial charge in [0.15, 0.2) is 5.69 Å². The first-order valence-electron chi connectivity index (χ1n) is 10.4. The van der Waals surface area contributed by atoms with Crippen LogP contribution in [-0.2, 0) is 0 Å². The van der Waals surface area contributed by atoms with Crippen molar-refractivity contribution in [1.82, 2.24) is 30.9 Å². The number of amides is 3. The minimum Gasteiger partial charge on any atom is -0.443 e. The molecule has 3 N–H and O–H groups in total. The van der Waals surface area contributed by atoms with Crippen LogP contribution >= 0.6 is 22.7 Å². The van der Waals surface area contributed by atoms with E-state index in [-0.39, 0.29) is 34.8 Å². The largest absolute Gasteiger partial charge is 0.443 e. The number of nitrogens with zero attached hydrogens (tertiary/aromatic N) is 3. The summed E-state index contributed by atoms with van der Waals surface area (Å²) in [6.07, 6.45) is 0. The van der Waals surface area contributed by atoms with Gasteiger partial charge in [-0.05, 0) is 26.7 Å². The first-order valence-corrected chi connectivity index (χ1v) is 12.2. The van der Waals surface area contributed by atoms with Gasteiger partial charge in [0.2, 0.25) is 5.89 Å². The van der Waals surface area contributed by atoms with Gasteiger partial charge in [0.1, 0.15) is 33.2 Å². The number of oxazole rings is 1. The summed E-state index contributed by atoms with van der Waals surface area (Å²) < 4.78 is 5.68. The maximum atomic E-state index is 13.0. The molecule has 33 heavy (non-hydrogen) atoms. The van der Waals surface area contributed by atoms with Crippen molar-refractivity contribution in [2.24, 2.45) is 5.92 Å². The molecule has 0 aromatic carbocycles. The molecule has 1 aliphatic heterocycles. The number of carbonyl (C=O) groups is 3. The molecule has 174 valence electrons. The van der Waals surface area contributed by atoms with Gasteiger partial charge in [-0.3, -0.25) is 14.4 Å². The normalized spacial score (nSPS) is 21.8. The Balaban J connectivity index is 1.75. The molecule has 0 unspecified atom stereocenters. The Morgan fingerprint density at radius 2 is 1.42 bits per heavy atom. The summed E-state index contributed by atoms with van der Waals surface area (Å²) >= 11 is 2.58. The van der Waals surface area contributed by atoms with Crippen molar-refractivity contribution in [2.45, 2.75) is 52.7 Å². The lowest BCUT2D eigenvalue weighted by molar-refractivity contribution is 0.0916. The summed E-state index contributed by atoms with van der Waals surface area (Å²) in [7, 11) is 0. The monoisotopic (exact) mass is 488 g/mol. The van der Waals surface area contributed by atoms with Crippen LogP contribution in [0.2, 0.25) is 0 Å². The van der Waals surface area contributed by atoms with Crippen molar-refractivity contribution in [2.75, 3.05) is 0 Å². The average Bonchev–Trinajstić information content (AvgIpc) is 3.50. The van der Waals surface area contributed by atoms with E-state index in [4.69, 9.17) is 4.42 Å². The Labute approximate surface area is 198 Å². The highest BCUT2D eigenvalue weighted by Crippen LogP contribution is 2.27. The Kier molecular flexibility index (Phi) is 6.30. The molecule has 1 aliphatic rings. The number of rotatable bonds is 1. The lowest BCUT2D eigenvalue weighted by Gasteiger charge is -2.19. The lowest BCUT2D eigenvalue weighted by atomic mass is 10.0. The summed E-state index contributed by atoms with van der Waals surface area (Å²) in [5.74, 6) is -0.602. The molecule has 0 saturated heterocycles. The van der Waals surface area contributed by atoms with Crippen LogP contribution in [0, 0.1) is 12.8 Å². The van der Waals surface area contributed by atoms with Gasteiger partial charge in [-0.1, -0.05) is 13.8 Å². The average molecular weight is 489 g/mol. The van der Waals surface area contributed by atoms with Gasteiger partial charge in [0.25, 0.3) is 17.7 Å². The quantitative estimate of drug-likeness (QED) is 0.477. The molecule has 0 fully saturated rings. The summed E-state index contributed by atoms with van der Waals surface area (Å²) in [4.78, 5) is 51.6. The fraction of sp³-hybridized carbons (Fsp3) is 0.429. The zero-order valence-electron chi connectivity index (χ0n) is 18.8. The molecular weight excluding hydrogens is 464 g/mol. The van der Waals surface area contributed by atoms with Gasteiger partial charge in [0, 0.05) is 10.8 Å². The maximum Gasteiger partial charge on any atom is 0.274 e. The third-order valence-electron chi connectivity index (χ3n) is 5.19. The second-order valence-corrected chi connectivity index (χ2v) is 9.96. The van der Waals surface area contributed by atoms with Crippen LogP contribution in [-0.4, -0.2) is 32.7 Å². The number of aromatic nitrogens is 3. The SMILES string of the molecule is Cc1oc2nc1C(=O)N[C@H](C(C)C)c1nc(cs1)C(=O)N[C@H](C)c1nc(cs1)C(=O)N[C@H]2C. The molecule has 12 heteroatoms. The van der Waals surface area contributed by atoms with Crippen LogP contribution in [0.3, 0.4) is 0 Å². The highest BCUT2D eigenvalue weighted by Gasteiger charge is 2.28. The third-order valence-corrected chi connectivity index (χ3v) is 7.15. The first kappa shape index (κ1) is 23.1. The van der Waals surface area contributed by atoms with Gasteiger partial charge >= 0.3 is 0 Å². The number of aryl methyl sites for hydroxylation is 1. The zero-order chi connectivity index (χ0) is 23.9. The van der Waals surface area contributed by atoms with Crippen molar-refractivity contribution in [3.63, 3.8) is 0 Å². The Hall–Kier alpha value is -3.12. The Morgan fingerprint density at radius 1 is 0.848 bits per heavy atom. The smallest absolute Gasteiger partial charge is 0.274 e. The van der Waals surface area contributed by atoms with E-state index in [0.29, 0.717) is 15.8 Å². The predicted molar refractivity (Wildman–Crippen MR) is 122 cm³/mol. The topological polar surface area (TPSA) is 139 Å². The van der Waals surface area contributed by atoms with E-state index < -0.39 is 29.9 Å². The number of fused-ring (bicyclic) bond motifs is 6. The van der Waals surface area contributed by atoms with Gasteiger partial charge in [-0.25, -0.2) is 15.0 Å². The van der Waals surface area contributed by atoms with E-state index >= 15 is 0 Å². The molecule has 0 saturated carbocycles. The standard InChI is InChI=1S/C21H24N6O4S2/c1-8(2)14-21-25-13(7-33-21)17(29)23-10(4)20-24-12(6-32-20)16(28)22-9(3)19-27-15(11(5)31-19)18(30)26-14/h6-10,14H,1-5H3,(H,22,28)(H,23,29)(H,26,30)/t9-,10+,14+/m0/s1. The summed E-state index contributed by atoms with van der Waals surface area (Å²) in [6, 6.07) is -1.41. The highest BCUT2D eigenvalue weighted by atomic mass is 32.1. The summed E-state index contributed by atoms with van der Waals surface area (Å²) in [6.45, 7) is 9.07. The van der Waals surface area contributed by atoms with Crippen molar-refractivity contribution >= 4 is 40.4 Å². The number of hydrogen-bond donors (Lipinski definition) is 3. The van der Waals surface area contributed by atoms with E-state index in [9.17, 15) is 14.4 Å². The zero-order valence-corrected chi connectivity index (χ0v) is 20.4. The van der Waals surface area contributed by atoms with Gasteiger partial charge in [0.05, 0.1) is 12.1 Å². The van der Waals surface area contributed by atoms with Crippen molar-refractivity contribution in [1.29, 1.82) is 0 Å². The minimum atomic E-state index is -0.582. The molecule has 6 bridgehead atoms. The third kappa shape index (κ3) is 4.67. The van der Waals surface area contributed by atoms with Crippen molar-refractivity contribution in [3.05, 3.63) is 49.5 Å². The number of hydrogen-bond acceptors (Lipinski definition) is 9. The predicted octanol–water partition coefficient (Wildman–Crippen LogP) is 3.32. The van der Waals surface area contributed by atoms with E-state index in [1.165, 1.54) is 22.7 Å². The lowest BCUT2D eigenvalue weighted by Crippen LogP contribution is -2.33. The van der Waals surface area contributed by atoms with Gasteiger partial charge in [-0.2, -0.15) is 0 Å². The maximum absolute atomic E-state index is 13.0. The van der Waals surface area contributed by atoms with Crippen molar-refractivity contribution in [3.8, 4) is 0 Å². The molecule has 4 heterocycles. The second-order valence-electron chi connectivity index (χ2n) is 8.18. The molecule has 0 spiro atoms. The van der Waals surface area contributed by atoms with E-state index in [2.05, 4.69) is 30.9 Å². The highest BCUT2D eigenvalue weighted by molar-refractivity contribution is 7.10. The summed E-state index contributed by atoms with van der Waals surface area (Å²) in [5, 5.41) is 13.1. The minimum absolute atomic E-state index is 0.0131. The van der Waals surface area contributed by atoms with Crippen LogP contribution in [0.5, 0.6) is 0 Å². The van der Waals surface area contributed by atoms with E-state index in [0.717, 1.165) is 0 Å². The number of carbonyl (C=O) groups excluding carboxylic acids is 3. The fourth-order valence-corrected chi connectivity index (χ4v) is 5.15. The molecule has 0 radical (unpaired) electrons. The molecule has 3 aromatic heterocycles. The molecule has 3 aromatic rings. The van der Waals surface area contributed by atoms with Gasteiger partial charge in [-0.15, -0.1) is 22.7 Å². The van der Waals surface area contributed by atoms with Gasteiger partial charge < -0.3 is 20.4 Å². The van der Waals surface area contributed by atoms with Crippen LogP contribution in [0.15, 0.2) is 15.2 Å². The van der Waals surface area contributed by atoms with Crippen LogP contribution in [0.1, 0.15) is 99.0 Å².